The van der Waals surface area contributed by atoms with Crippen molar-refractivity contribution in [1.29, 1.82) is 0 Å². The lowest BCUT2D eigenvalue weighted by Crippen LogP contribution is -2.35. The number of rotatable bonds is 3. The van der Waals surface area contributed by atoms with Crippen molar-refractivity contribution in [2.45, 2.75) is 47.0 Å². The lowest BCUT2D eigenvalue weighted by molar-refractivity contribution is -0.130. The van der Waals surface area contributed by atoms with E-state index in [4.69, 9.17) is 0 Å². The van der Waals surface area contributed by atoms with Crippen molar-refractivity contribution < 1.29 is 9.59 Å². The van der Waals surface area contributed by atoms with Gasteiger partial charge < -0.3 is 4.90 Å². The standard InChI is InChI=1S/C16H23NO2S/c1-11-9-13(12(2)20-11)14(18)10-17-8-7-16(3,4)6-5-15(17)19/h9H,5-8,10H2,1-4H3. The Labute approximate surface area is 125 Å². The number of carbonyl (C=O) groups excluding carboxylic acids is 2. The molecule has 1 fully saturated rings. The smallest absolute Gasteiger partial charge is 0.222 e. The molecule has 0 aliphatic carbocycles. The van der Waals surface area contributed by atoms with Gasteiger partial charge in [0.15, 0.2) is 5.78 Å². The molecule has 3 nitrogen and oxygen atoms in total. The van der Waals surface area contributed by atoms with Gasteiger partial charge in [-0.2, -0.15) is 0 Å². The molecule has 0 saturated carbocycles. The average Bonchev–Trinajstić information content (AvgIpc) is 2.64. The van der Waals surface area contributed by atoms with E-state index in [0.717, 1.165) is 28.2 Å². The van der Waals surface area contributed by atoms with E-state index in [9.17, 15) is 9.59 Å². The molecule has 4 heteroatoms. The predicted molar refractivity (Wildman–Crippen MR) is 82.3 cm³/mol. The zero-order valence-electron chi connectivity index (χ0n) is 12.8. The van der Waals surface area contributed by atoms with Crippen molar-refractivity contribution in [3.8, 4) is 0 Å². The van der Waals surface area contributed by atoms with Crippen molar-refractivity contribution in [2.24, 2.45) is 5.41 Å². The highest BCUT2D eigenvalue weighted by atomic mass is 32.1. The van der Waals surface area contributed by atoms with Crippen LogP contribution < -0.4 is 0 Å². The number of likely N-dealkylation sites (tertiary alicyclic amines) is 1. The number of amides is 1. The fourth-order valence-corrected chi connectivity index (χ4v) is 3.57. The molecule has 0 spiro atoms. The first-order chi connectivity index (χ1) is 9.28. The Balaban J connectivity index is 2.07. The van der Waals surface area contributed by atoms with Crippen LogP contribution in [0, 0.1) is 19.3 Å². The summed E-state index contributed by atoms with van der Waals surface area (Å²) in [5.74, 6) is 0.188. The average molecular weight is 293 g/mol. The second kappa shape index (κ2) is 5.68. The van der Waals surface area contributed by atoms with Gasteiger partial charge in [0.2, 0.25) is 5.91 Å². The number of Topliss-reactive ketones (excluding diaryl/α,β-unsaturated/α-hetero) is 1. The first kappa shape index (κ1) is 15.2. The summed E-state index contributed by atoms with van der Waals surface area (Å²) in [7, 11) is 0. The van der Waals surface area contributed by atoms with Crippen LogP contribution in [0.1, 0.15) is 53.2 Å². The molecular weight excluding hydrogens is 270 g/mol. The van der Waals surface area contributed by atoms with Crippen LogP contribution >= 0.6 is 11.3 Å². The SMILES string of the molecule is Cc1cc(C(=O)CN2CCC(C)(C)CCC2=O)c(C)s1. The fourth-order valence-electron chi connectivity index (χ4n) is 2.62. The molecule has 0 atom stereocenters. The van der Waals surface area contributed by atoms with Gasteiger partial charge in [-0.15, -0.1) is 11.3 Å². The predicted octanol–water partition coefficient (Wildman–Crippen LogP) is 3.59. The van der Waals surface area contributed by atoms with Gasteiger partial charge in [0.1, 0.15) is 0 Å². The van der Waals surface area contributed by atoms with E-state index < -0.39 is 0 Å². The van der Waals surface area contributed by atoms with Gasteiger partial charge in [0.25, 0.3) is 0 Å². The molecule has 0 N–H and O–H groups in total. The van der Waals surface area contributed by atoms with Gasteiger partial charge in [-0.25, -0.2) is 0 Å². The molecule has 1 aliphatic rings. The van der Waals surface area contributed by atoms with Gasteiger partial charge in [-0.05, 0) is 38.2 Å². The lowest BCUT2D eigenvalue weighted by Gasteiger charge is -2.23. The molecule has 1 aromatic heterocycles. The van der Waals surface area contributed by atoms with Crippen molar-refractivity contribution >= 4 is 23.0 Å². The molecule has 0 radical (unpaired) electrons. The summed E-state index contributed by atoms with van der Waals surface area (Å²) in [4.78, 5) is 28.5. The van der Waals surface area contributed by atoms with Crippen molar-refractivity contribution in [1.82, 2.24) is 4.90 Å². The van der Waals surface area contributed by atoms with E-state index in [1.807, 2.05) is 19.9 Å². The molecule has 2 rings (SSSR count). The molecule has 1 saturated heterocycles. The number of thiophene rings is 1. The first-order valence-electron chi connectivity index (χ1n) is 7.16. The topological polar surface area (TPSA) is 37.4 Å². The van der Waals surface area contributed by atoms with Crippen LogP contribution in [0.4, 0.5) is 0 Å². The van der Waals surface area contributed by atoms with Crippen LogP contribution in [0.25, 0.3) is 0 Å². The Bertz CT molecular complexity index is 531. The summed E-state index contributed by atoms with van der Waals surface area (Å²) in [6.45, 7) is 9.29. The van der Waals surface area contributed by atoms with E-state index >= 15 is 0 Å². The fraction of sp³-hybridized carbons (Fsp3) is 0.625. The second-order valence-corrected chi connectivity index (χ2v) is 7.94. The highest BCUT2D eigenvalue weighted by Gasteiger charge is 2.28. The molecule has 0 unspecified atom stereocenters. The number of hydrogen-bond donors (Lipinski definition) is 0. The molecular formula is C16H23NO2S. The van der Waals surface area contributed by atoms with Crippen molar-refractivity contribution in [3.05, 3.63) is 21.4 Å². The Hall–Kier alpha value is -1.16. The summed E-state index contributed by atoms with van der Waals surface area (Å²) in [6, 6.07) is 1.94. The van der Waals surface area contributed by atoms with Crippen LogP contribution in [-0.2, 0) is 4.79 Å². The molecule has 0 aromatic carbocycles. The highest BCUT2D eigenvalue weighted by Crippen LogP contribution is 2.30. The molecule has 110 valence electrons. The zero-order valence-corrected chi connectivity index (χ0v) is 13.6. The summed E-state index contributed by atoms with van der Waals surface area (Å²) in [5.41, 5.74) is 0.978. The van der Waals surface area contributed by atoms with Crippen LogP contribution in [0.5, 0.6) is 0 Å². The Morgan fingerprint density at radius 1 is 1.35 bits per heavy atom. The molecule has 1 aliphatic heterocycles. The third kappa shape index (κ3) is 3.48. The van der Waals surface area contributed by atoms with Crippen LogP contribution in [-0.4, -0.2) is 29.7 Å². The first-order valence-corrected chi connectivity index (χ1v) is 7.98. The normalized spacial score (nSPS) is 19.0. The Kier molecular flexibility index (Phi) is 4.33. The summed E-state index contributed by atoms with van der Waals surface area (Å²) >= 11 is 1.64. The molecule has 0 bridgehead atoms. The number of nitrogens with zero attached hydrogens (tertiary/aromatic N) is 1. The largest absolute Gasteiger partial charge is 0.335 e. The zero-order chi connectivity index (χ0) is 14.9. The number of ketones is 1. The highest BCUT2D eigenvalue weighted by molar-refractivity contribution is 7.12. The minimum absolute atomic E-state index is 0.0694. The van der Waals surface area contributed by atoms with E-state index in [2.05, 4.69) is 13.8 Å². The maximum Gasteiger partial charge on any atom is 0.222 e. The maximum absolute atomic E-state index is 12.4. The lowest BCUT2D eigenvalue weighted by atomic mass is 9.85. The molecule has 1 aromatic rings. The Morgan fingerprint density at radius 3 is 2.65 bits per heavy atom. The minimum atomic E-state index is 0.0694. The third-order valence-electron chi connectivity index (χ3n) is 4.10. The molecule has 2 heterocycles. The molecule has 20 heavy (non-hydrogen) atoms. The number of carbonyl (C=O) groups is 2. The third-order valence-corrected chi connectivity index (χ3v) is 5.07. The van der Waals surface area contributed by atoms with Gasteiger partial charge in [-0.1, -0.05) is 13.8 Å². The summed E-state index contributed by atoms with van der Waals surface area (Å²) in [5, 5.41) is 0. The van der Waals surface area contributed by atoms with E-state index in [1.54, 1.807) is 16.2 Å². The van der Waals surface area contributed by atoms with E-state index in [0.29, 0.717) is 13.0 Å². The summed E-state index contributed by atoms with van der Waals surface area (Å²) < 4.78 is 0. The minimum Gasteiger partial charge on any atom is -0.335 e. The second-order valence-electron chi connectivity index (χ2n) is 6.48. The van der Waals surface area contributed by atoms with Crippen LogP contribution in [0.3, 0.4) is 0 Å². The van der Waals surface area contributed by atoms with E-state index in [1.165, 1.54) is 0 Å². The number of aryl methyl sites for hydroxylation is 2. The van der Waals surface area contributed by atoms with E-state index in [-0.39, 0.29) is 23.7 Å². The van der Waals surface area contributed by atoms with Crippen LogP contribution in [0.2, 0.25) is 0 Å². The van der Waals surface area contributed by atoms with Crippen molar-refractivity contribution in [2.75, 3.05) is 13.1 Å². The van der Waals surface area contributed by atoms with Gasteiger partial charge >= 0.3 is 0 Å². The van der Waals surface area contributed by atoms with Gasteiger partial charge in [-0.3, -0.25) is 9.59 Å². The van der Waals surface area contributed by atoms with Crippen LogP contribution in [0.15, 0.2) is 6.07 Å². The Morgan fingerprint density at radius 2 is 2.05 bits per heavy atom. The molecule has 1 amide bonds. The summed E-state index contributed by atoms with van der Waals surface area (Å²) in [6.07, 6.45) is 2.43. The monoisotopic (exact) mass is 293 g/mol. The van der Waals surface area contributed by atoms with Gasteiger partial charge in [0.05, 0.1) is 6.54 Å². The quantitative estimate of drug-likeness (QED) is 0.799. The van der Waals surface area contributed by atoms with Crippen molar-refractivity contribution in [3.63, 3.8) is 0 Å². The maximum atomic E-state index is 12.4. The number of hydrogen-bond acceptors (Lipinski definition) is 3. The van der Waals surface area contributed by atoms with Gasteiger partial charge in [0, 0.05) is 28.3 Å².